The Morgan fingerprint density at radius 2 is 2.06 bits per heavy atom. The molecule has 0 saturated carbocycles. The molecule has 32 heavy (non-hydrogen) atoms. The number of aromatic nitrogens is 3. The summed E-state index contributed by atoms with van der Waals surface area (Å²) in [7, 11) is 1.79. The van der Waals surface area contributed by atoms with Crippen LogP contribution in [-0.4, -0.2) is 38.3 Å². The number of hydrogen-bond acceptors (Lipinski definition) is 5. The van der Waals surface area contributed by atoms with Crippen LogP contribution in [0.15, 0.2) is 53.5 Å². The van der Waals surface area contributed by atoms with Gasteiger partial charge in [-0.25, -0.2) is 4.98 Å². The van der Waals surface area contributed by atoms with Crippen LogP contribution in [0.4, 0.5) is 5.69 Å². The second-order valence-corrected chi connectivity index (χ2v) is 8.47. The zero-order valence-electron chi connectivity index (χ0n) is 18.3. The van der Waals surface area contributed by atoms with Crippen molar-refractivity contribution in [1.29, 1.82) is 0 Å². The normalized spacial score (nSPS) is 11.0. The summed E-state index contributed by atoms with van der Waals surface area (Å²) in [5.41, 5.74) is 4.63. The largest absolute Gasteiger partial charge is 0.337 e. The van der Waals surface area contributed by atoms with Crippen LogP contribution in [-0.2, 0) is 24.3 Å². The third-order valence-corrected chi connectivity index (χ3v) is 5.93. The van der Waals surface area contributed by atoms with Gasteiger partial charge in [0, 0.05) is 45.0 Å². The van der Waals surface area contributed by atoms with Crippen LogP contribution in [0.25, 0.3) is 11.0 Å². The monoisotopic (exact) mass is 447 g/mol. The predicted molar refractivity (Wildman–Crippen MR) is 127 cm³/mol. The topological polar surface area (TPSA) is 80.1 Å². The number of rotatable bonds is 7. The second kappa shape index (κ2) is 9.32. The number of hydrogen-bond donors (Lipinski definition) is 1. The molecule has 0 saturated heterocycles. The molecule has 164 valence electrons. The number of carbonyl (C=O) groups excluding carboxylic acids is 2. The molecule has 4 rings (SSSR count). The van der Waals surface area contributed by atoms with Crippen molar-refractivity contribution in [2.24, 2.45) is 0 Å². The lowest BCUT2D eigenvalue weighted by Gasteiger charge is -2.19. The minimum atomic E-state index is -0.195. The van der Waals surface area contributed by atoms with Crippen LogP contribution in [0.3, 0.4) is 0 Å². The first-order valence-electron chi connectivity index (χ1n) is 10.4. The summed E-state index contributed by atoms with van der Waals surface area (Å²) in [4.78, 5) is 36.0. The van der Waals surface area contributed by atoms with Crippen LogP contribution in [0.1, 0.15) is 41.2 Å². The van der Waals surface area contributed by atoms with Crippen molar-refractivity contribution in [2.45, 2.75) is 33.4 Å². The van der Waals surface area contributed by atoms with Gasteiger partial charge in [-0.2, -0.15) is 11.3 Å². The Hall–Kier alpha value is -3.52. The Morgan fingerprint density at radius 3 is 2.72 bits per heavy atom. The first kappa shape index (κ1) is 21.7. The standard InChI is InChI=1S/C24H25N5O2S/c1-4-22-27-21-11-19(26-16(2)30)10-20(24(31)28(3)13-18-7-9-32-15-18)23(21)29(22)14-17-6-5-8-25-12-17/h5-12,15H,4,13-14H2,1-3H3,(H,26,30). The number of imidazole rings is 1. The molecule has 1 N–H and O–H groups in total. The van der Waals surface area contributed by atoms with E-state index in [0.717, 1.165) is 22.5 Å². The van der Waals surface area contributed by atoms with E-state index < -0.39 is 0 Å². The molecule has 0 radical (unpaired) electrons. The van der Waals surface area contributed by atoms with Gasteiger partial charge in [-0.3, -0.25) is 14.6 Å². The summed E-state index contributed by atoms with van der Waals surface area (Å²) in [6.07, 6.45) is 4.27. The molecule has 0 spiro atoms. The van der Waals surface area contributed by atoms with Crippen LogP contribution in [0.2, 0.25) is 0 Å². The highest BCUT2D eigenvalue weighted by atomic mass is 32.1. The zero-order valence-corrected chi connectivity index (χ0v) is 19.1. The van der Waals surface area contributed by atoms with E-state index >= 15 is 0 Å². The maximum Gasteiger partial charge on any atom is 0.256 e. The lowest BCUT2D eigenvalue weighted by Crippen LogP contribution is -2.27. The van der Waals surface area contributed by atoms with E-state index in [9.17, 15) is 9.59 Å². The van der Waals surface area contributed by atoms with Gasteiger partial charge in [0.25, 0.3) is 5.91 Å². The van der Waals surface area contributed by atoms with Gasteiger partial charge >= 0.3 is 0 Å². The summed E-state index contributed by atoms with van der Waals surface area (Å²) in [6, 6.07) is 9.49. The average molecular weight is 448 g/mol. The molecule has 0 atom stereocenters. The van der Waals surface area contributed by atoms with E-state index in [1.807, 2.05) is 48.1 Å². The van der Waals surface area contributed by atoms with Crippen molar-refractivity contribution in [3.63, 3.8) is 0 Å². The van der Waals surface area contributed by atoms with E-state index in [2.05, 4.69) is 14.9 Å². The number of benzene rings is 1. The van der Waals surface area contributed by atoms with Gasteiger partial charge in [-0.05, 0) is 46.2 Å². The molecule has 3 aromatic heterocycles. The molecule has 1 aromatic carbocycles. The number of nitrogens with one attached hydrogen (secondary N) is 1. The molecule has 7 nitrogen and oxygen atoms in total. The van der Waals surface area contributed by atoms with Crippen molar-refractivity contribution in [3.8, 4) is 0 Å². The lowest BCUT2D eigenvalue weighted by molar-refractivity contribution is -0.114. The fraction of sp³-hybridized carbons (Fsp3) is 0.250. The predicted octanol–water partition coefficient (Wildman–Crippen LogP) is 4.33. The third kappa shape index (κ3) is 4.55. The molecule has 0 aliphatic heterocycles. The highest BCUT2D eigenvalue weighted by Gasteiger charge is 2.22. The van der Waals surface area contributed by atoms with Crippen molar-refractivity contribution < 1.29 is 9.59 Å². The van der Waals surface area contributed by atoms with Gasteiger partial charge in [0.2, 0.25) is 5.91 Å². The SMILES string of the molecule is CCc1nc2cc(NC(C)=O)cc(C(=O)N(C)Cc3ccsc3)c2n1Cc1cccnc1. The third-order valence-electron chi connectivity index (χ3n) is 5.20. The molecule has 0 fully saturated rings. The number of amides is 2. The van der Waals surface area contributed by atoms with Crippen molar-refractivity contribution in [1.82, 2.24) is 19.4 Å². The number of aryl methyl sites for hydroxylation is 1. The smallest absolute Gasteiger partial charge is 0.256 e. The van der Waals surface area contributed by atoms with Gasteiger partial charge in [0.1, 0.15) is 5.82 Å². The quantitative estimate of drug-likeness (QED) is 0.457. The minimum Gasteiger partial charge on any atom is -0.337 e. The minimum absolute atomic E-state index is 0.122. The fourth-order valence-electron chi connectivity index (χ4n) is 3.80. The molecule has 0 aliphatic rings. The Morgan fingerprint density at radius 1 is 1.22 bits per heavy atom. The van der Waals surface area contributed by atoms with Crippen LogP contribution < -0.4 is 5.32 Å². The van der Waals surface area contributed by atoms with Crippen molar-refractivity contribution in [3.05, 3.63) is 76.0 Å². The number of thiophene rings is 1. The highest BCUT2D eigenvalue weighted by Crippen LogP contribution is 2.28. The number of carbonyl (C=O) groups is 2. The number of nitrogens with zero attached hydrogens (tertiary/aromatic N) is 4. The Balaban J connectivity index is 1.84. The van der Waals surface area contributed by atoms with Gasteiger partial charge < -0.3 is 14.8 Å². The lowest BCUT2D eigenvalue weighted by atomic mass is 10.1. The first-order valence-corrected chi connectivity index (χ1v) is 11.4. The summed E-state index contributed by atoms with van der Waals surface area (Å²) >= 11 is 1.61. The van der Waals surface area contributed by atoms with Crippen molar-refractivity contribution >= 4 is 39.9 Å². The summed E-state index contributed by atoms with van der Waals surface area (Å²) in [6.45, 7) is 4.56. The van der Waals surface area contributed by atoms with E-state index in [1.165, 1.54) is 6.92 Å². The average Bonchev–Trinajstić information content (AvgIpc) is 3.40. The second-order valence-electron chi connectivity index (χ2n) is 7.69. The van der Waals surface area contributed by atoms with Crippen molar-refractivity contribution in [2.75, 3.05) is 12.4 Å². The molecule has 0 aliphatic carbocycles. The molecular formula is C24H25N5O2S. The van der Waals surface area contributed by atoms with Gasteiger partial charge in [0.15, 0.2) is 0 Å². The molecule has 8 heteroatoms. The number of pyridine rings is 1. The first-order chi connectivity index (χ1) is 15.5. The maximum atomic E-state index is 13.6. The van der Waals surface area contributed by atoms with E-state index in [4.69, 9.17) is 4.98 Å². The number of fused-ring (bicyclic) bond motifs is 1. The van der Waals surface area contributed by atoms with Crippen LogP contribution >= 0.6 is 11.3 Å². The van der Waals surface area contributed by atoms with Gasteiger partial charge in [-0.1, -0.05) is 13.0 Å². The molecular weight excluding hydrogens is 422 g/mol. The highest BCUT2D eigenvalue weighted by molar-refractivity contribution is 7.07. The van der Waals surface area contributed by atoms with E-state index in [-0.39, 0.29) is 11.8 Å². The molecule has 0 bridgehead atoms. The summed E-state index contributed by atoms with van der Waals surface area (Å²) in [5, 5.41) is 6.84. The molecule has 3 heterocycles. The Kier molecular flexibility index (Phi) is 6.32. The van der Waals surface area contributed by atoms with Crippen LogP contribution in [0, 0.1) is 0 Å². The Bertz CT molecular complexity index is 1250. The van der Waals surface area contributed by atoms with Gasteiger partial charge in [-0.15, -0.1) is 0 Å². The molecule has 0 unspecified atom stereocenters. The van der Waals surface area contributed by atoms with E-state index in [0.29, 0.717) is 36.3 Å². The maximum absolute atomic E-state index is 13.6. The molecule has 2 amide bonds. The van der Waals surface area contributed by atoms with Crippen LogP contribution in [0.5, 0.6) is 0 Å². The van der Waals surface area contributed by atoms with Gasteiger partial charge in [0.05, 0.1) is 23.1 Å². The number of anilines is 1. The molecule has 4 aromatic rings. The summed E-state index contributed by atoms with van der Waals surface area (Å²) < 4.78 is 2.08. The zero-order chi connectivity index (χ0) is 22.7. The van der Waals surface area contributed by atoms with E-state index in [1.54, 1.807) is 35.5 Å². The summed E-state index contributed by atoms with van der Waals surface area (Å²) in [5.74, 6) is 0.557. The fourth-order valence-corrected chi connectivity index (χ4v) is 4.46. The Labute approximate surface area is 190 Å².